The number of nitrogens with zero attached hydrogens (tertiary/aromatic N) is 3. The van der Waals surface area contributed by atoms with Gasteiger partial charge in [-0.3, -0.25) is 9.48 Å². The molecule has 0 spiro atoms. The number of benzene rings is 1. The van der Waals surface area contributed by atoms with E-state index >= 15 is 0 Å². The molecule has 0 aliphatic carbocycles. The van der Waals surface area contributed by atoms with E-state index in [-0.39, 0.29) is 5.56 Å². The predicted molar refractivity (Wildman–Crippen MR) is 80.2 cm³/mol. The van der Waals surface area contributed by atoms with Gasteiger partial charge in [0.05, 0.1) is 11.9 Å². The highest BCUT2D eigenvalue weighted by Gasteiger charge is 2.09. The summed E-state index contributed by atoms with van der Waals surface area (Å²) in [5.41, 5.74) is 1.39. The van der Waals surface area contributed by atoms with Crippen molar-refractivity contribution in [3.05, 3.63) is 57.3 Å². The van der Waals surface area contributed by atoms with Crippen molar-refractivity contribution in [3.8, 4) is 22.6 Å². The average Bonchev–Trinajstić information content (AvgIpc) is 2.83. The van der Waals surface area contributed by atoms with Gasteiger partial charge in [-0.15, -0.1) is 0 Å². The highest BCUT2D eigenvalue weighted by Crippen LogP contribution is 2.23. The van der Waals surface area contributed by atoms with Crippen LogP contribution in [0.4, 0.5) is 4.39 Å². The number of aromatic amines is 1. The summed E-state index contributed by atoms with van der Waals surface area (Å²) in [7, 11) is 1.78. The second kappa shape index (κ2) is 5.25. The molecule has 0 saturated heterocycles. The lowest BCUT2D eigenvalue weighted by Gasteiger charge is -2.04. The van der Waals surface area contributed by atoms with E-state index in [0.717, 1.165) is 5.56 Å². The molecule has 0 radical (unpaired) electrons. The lowest BCUT2D eigenvalue weighted by molar-refractivity contribution is 0.627. The van der Waals surface area contributed by atoms with E-state index in [4.69, 9.17) is 0 Å². The number of nitrogens with one attached hydrogen (secondary N) is 1. The summed E-state index contributed by atoms with van der Waals surface area (Å²) in [5.74, 6) is -0.102. The summed E-state index contributed by atoms with van der Waals surface area (Å²) in [6, 6.07) is 5.73. The summed E-state index contributed by atoms with van der Waals surface area (Å²) in [4.78, 5) is 18.8. The summed E-state index contributed by atoms with van der Waals surface area (Å²) in [6.45, 7) is 0. The zero-order valence-electron chi connectivity index (χ0n) is 11.0. The monoisotopic (exact) mass is 348 g/mol. The Labute approximate surface area is 127 Å². The zero-order valence-corrected chi connectivity index (χ0v) is 12.6. The molecule has 2 aromatic heterocycles. The van der Waals surface area contributed by atoms with Crippen LogP contribution < -0.4 is 5.56 Å². The Bertz CT molecular complexity index is 851. The SMILES string of the molecule is Cn1cc(-c2cc(=O)[nH]c(-c3cc(F)cc(Br)c3)n2)cn1. The van der Waals surface area contributed by atoms with E-state index in [1.165, 1.54) is 18.2 Å². The van der Waals surface area contributed by atoms with Crippen LogP contribution >= 0.6 is 15.9 Å². The highest BCUT2D eigenvalue weighted by atomic mass is 79.9. The van der Waals surface area contributed by atoms with Crippen LogP contribution in [0.25, 0.3) is 22.6 Å². The molecular weight excluding hydrogens is 339 g/mol. The minimum absolute atomic E-state index is 0.306. The summed E-state index contributed by atoms with van der Waals surface area (Å²) in [5, 5.41) is 4.05. The second-order valence-corrected chi connectivity index (χ2v) is 5.46. The van der Waals surface area contributed by atoms with Gasteiger partial charge in [0.2, 0.25) is 0 Å². The second-order valence-electron chi connectivity index (χ2n) is 4.54. The number of hydrogen-bond acceptors (Lipinski definition) is 3. The molecule has 3 rings (SSSR count). The van der Waals surface area contributed by atoms with Crippen LogP contribution in [0.15, 0.2) is 45.9 Å². The minimum atomic E-state index is -0.409. The van der Waals surface area contributed by atoms with Crippen LogP contribution in [0.3, 0.4) is 0 Å². The molecule has 0 aliphatic heterocycles. The fourth-order valence-electron chi connectivity index (χ4n) is 1.99. The molecule has 1 N–H and O–H groups in total. The molecule has 0 amide bonds. The largest absolute Gasteiger partial charge is 0.306 e. The van der Waals surface area contributed by atoms with Crippen molar-refractivity contribution in [2.45, 2.75) is 0 Å². The molecule has 106 valence electrons. The van der Waals surface area contributed by atoms with Gasteiger partial charge in [-0.05, 0) is 18.2 Å². The van der Waals surface area contributed by atoms with Gasteiger partial charge in [0.1, 0.15) is 11.6 Å². The van der Waals surface area contributed by atoms with E-state index in [0.29, 0.717) is 21.6 Å². The van der Waals surface area contributed by atoms with Gasteiger partial charge in [-0.1, -0.05) is 15.9 Å². The molecule has 2 heterocycles. The third-order valence-electron chi connectivity index (χ3n) is 2.88. The molecule has 7 heteroatoms. The Balaban J connectivity index is 2.15. The Morgan fingerprint density at radius 2 is 2.05 bits per heavy atom. The van der Waals surface area contributed by atoms with E-state index < -0.39 is 5.82 Å². The third-order valence-corrected chi connectivity index (χ3v) is 3.34. The number of halogens is 2. The first kappa shape index (κ1) is 13.7. The molecule has 0 bridgehead atoms. The number of rotatable bonds is 2. The van der Waals surface area contributed by atoms with E-state index in [1.54, 1.807) is 30.2 Å². The smallest absolute Gasteiger partial charge is 0.251 e. The van der Waals surface area contributed by atoms with Crippen molar-refractivity contribution in [3.63, 3.8) is 0 Å². The van der Waals surface area contributed by atoms with Crippen molar-refractivity contribution in [1.29, 1.82) is 0 Å². The van der Waals surface area contributed by atoms with Crippen LogP contribution in [-0.2, 0) is 7.05 Å². The van der Waals surface area contributed by atoms with Gasteiger partial charge in [-0.2, -0.15) is 5.10 Å². The van der Waals surface area contributed by atoms with Gasteiger partial charge in [0, 0.05) is 34.9 Å². The van der Waals surface area contributed by atoms with Crippen molar-refractivity contribution in [2.75, 3.05) is 0 Å². The van der Waals surface area contributed by atoms with Crippen LogP contribution in [-0.4, -0.2) is 19.7 Å². The van der Waals surface area contributed by atoms with Gasteiger partial charge >= 0.3 is 0 Å². The highest BCUT2D eigenvalue weighted by molar-refractivity contribution is 9.10. The van der Waals surface area contributed by atoms with Crippen LogP contribution in [0.2, 0.25) is 0 Å². The first-order valence-corrected chi connectivity index (χ1v) is 6.87. The maximum absolute atomic E-state index is 13.5. The zero-order chi connectivity index (χ0) is 15.0. The number of aromatic nitrogens is 4. The van der Waals surface area contributed by atoms with Crippen molar-refractivity contribution >= 4 is 15.9 Å². The van der Waals surface area contributed by atoms with Gasteiger partial charge < -0.3 is 4.98 Å². The minimum Gasteiger partial charge on any atom is -0.306 e. The topological polar surface area (TPSA) is 63.6 Å². The quantitative estimate of drug-likeness (QED) is 0.774. The molecule has 0 atom stereocenters. The van der Waals surface area contributed by atoms with Gasteiger partial charge in [0.25, 0.3) is 5.56 Å². The molecule has 0 unspecified atom stereocenters. The van der Waals surface area contributed by atoms with Gasteiger partial charge in [0.15, 0.2) is 0 Å². The van der Waals surface area contributed by atoms with E-state index in [9.17, 15) is 9.18 Å². The van der Waals surface area contributed by atoms with Crippen molar-refractivity contribution < 1.29 is 4.39 Å². The maximum Gasteiger partial charge on any atom is 0.251 e. The van der Waals surface area contributed by atoms with Crippen molar-refractivity contribution in [1.82, 2.24) is 19.7 Å². The predicted octanol–water partition coefficient (Wildman–Crippen LogP) is 2.74. The lowest BCUT2D eigenvalue weighted by atomic mass is 10.2. The number of aryl methyl sites for hydroxylation is 1. The third kappa shape index (κ3) is 2.92. The van der Waals surface area contributed by atoms with Gasteiger partial charge in [-0.25, -0.2) is 9.37 Å². The molecule has 0 fully saturated rings. The van der Waals surface area contributed by atoms with Crippen LogP contribution in [0.5, 0.6) is 0 Å². The summed E-state index contributed by atoms with van der Waals surface area (Å²) < 4.78 is 15.7. The lowest BCUT2D eigenvalue weighted by Crippen LogP contribution is -2.08. The molecule has 0 saturated carbocycles. The Hall–Kier alpha value is -2.28. The summed E-state index contributed by atoms with van der Waals surface area (Å²) in [6.07, 6.45) is 3.38. The Morgan fingerprint density at radius 3 is 2.71 bits per heavy atom. The summed E-state index contributed by atoms with van der Waals surface area (Å²) >= 11 is 3.22. The molecule has 1 aromatic carbocycles. The van der Waals surface area contributed by atoms with Crippen LogP contribution in [0.1, 0.15) is 0 Å². The molecule has 21 heavy (non-hydrogen) atoms. The molecule has 3 aromatic rings. The number of H-pyrrole nitrogens is 1. The Kier molecular flexibility index (Phi) is 3.42. The molecule has 5 nitrogen and oxygen atoms in total. The first-order chi connectivity index (χ1) is 10.0. The van der Waals surface area contributed by atoms with Crippen molar-refractivity contribution in [2.24, 2.45) is 7.05 Å². The normalized spacial score (nSPS) is 10.8. The van der Waals surface area contributed by atoms with E-state index in [2.05, 4.69) is 31.0 Å². The Morgan fingerprint density at radius 1 is 1.24 bits per heavy atom. The maximum atomic E-state index is 13.5. The standard InChI is InChI=1S/C14H10BrFN4O/c1-20-7-9(6-17-20)12-5-13(21)19-14(18-12)8-2-10(15)4-11(16)3-8/h2-7H,1H3,(H,18,19,21). The fraction of sp³-hybridized carbons (Fsp3) is 0.0714. The van der Waals surface area contributed by atoms with E-state index in [1.807, 2.05) is 0 Å². The molecular formula is C14H10BrFN4O. The average molecular weight is 349 g/mol. The molecule has 0 aliphatic rings. The number of hydrogen-bond donors (Lipinski definition) is 1. The first-order valence-electron chi connectivity index (χ1n) is 6.08. The van der Waals surface area contributed by atoms with Crippen LogP contribution in [0, 0.1) is 5.82 Å². The fourth-order valence-corrected chi connectivity index (χ4v) is 2.45.